The third kappa shape index (κ3) is 5.86. The van der Waals surface area contributed by atoms with E-state index in [9.17, 15) is 18.0 Å². The summed E-state index contributed by atoms with van der Waals surface area (Å²) < 4.78 is 42.0. The predicted octanol–water partition coefficient (Wildman–Crippen LogP) is 0.683. The van der Waals surface area contributed by atoms with E-state index in [1.165, 1.54) is 19.2 Å². The summed E-state index contributed by atoms with van der Waals surface area (Å²) in [5.41, 5.74) is 6.31. The number of carbonyl (C=O) groups is 1. The van der Waals surface area contributed by atoms with Crippen molar-refractivity contribution in [3.8, 4) is 0 Å². The van der Waals surface area contributed by atoms with Crippen LogP contribution in [0.3, 0.4) is 0 Å². The zero-order chi connectivity index (χ0) is 17.5. The Kier molecular flexibility index (Phi) is 6.96. The highest BCUT2D eigenvalue weighted by molar-refractivity contribution is 6.24. The van der Waals surface area contributed by atoms with Crippen LogP contribution in [0.25, 0.3) is 0 Å². The maximum Gasteiger partial charge on any atom is 0.416 e. The van der Waals surface area contributed by atoms with Gasteiger partial charge in [-0.15, -0.1) is 0 Å². The first kappa shape index (κ1) is 18.9. The monoisotopic (exact) mass is 329 g/mol. The second-order valence-corrected chi connectivity index (χ2v) is 4.78. The third-order valence-corrected chi connectivity index (χ3v) is 3.09. The number of nitrogens with two attached hydrogens (primary N) is 1. The Morgan fingerprint density at radius 3 is 2.35 bits per heavy atom. The first-order chi connectivity index (χ1) is 10.8. The van der Waals surface area contributed by atoms with E-state index in [4.69, 9.17) is 5.73 Å². The Labute approximate surface area is 133 Å². The smallest absolute Gasteiger partial charge is 0.416 e. The van der Waals surface area contributed by atoms with Gasteiger partial charge >= 0.3 is 12.1 Å². The Balaban J connectivity index is 2.52. The Hall–Kier alpha value is -2.16. The van der Waals surface area contributed by atoms with Crippen molar-refractivity contribution in [2.45, 2.75) is 6.18 Å². The molecule has 1 rings (SSSR count). The van der Waals surface area contributed by atoms with Crippen molar-refractivity contribution in [2.24, 2.45) is 5.73 Å². The molecule has 1 aromatic carbocycles. The molecular formula is C14H19BF3N3O2. The van der Waals surface area contributed by atoms with Crippen LogP contribution in [0.1, 0.15) is 5.56 Å². The average molecular weight is 329 g/mol. The van der Waals surface area contributed by atoms with E-state index in [1.54, 1.807) is 7.85 Å². The summed E-state index contributed by atoms with van der Waals surface area (Å²) in [4.78, 5) is 11.6. The average Bonchev–Trinajstić information content (AvgIpc) is 2.53. The Morgan fingerprint density at radius 2 is 1.87 bits per heavy atom. The van der Waals surface area contributed by atoms with Crippen LogP contribution < -0.4 is 16.4 Å². The zero-order valence-corrected chi connectivity index (χ0v) is 13.0. The lowest BCUT2D eigenvalue weighted by Crippen LogP contribution is -2.29. The van der Waals surface area contributed by atoms with E-state index in [0.717, 1.165) is 12.1 Å². The predicted molar refractivity (Wildman–Crippen MR) is 84.6 cm³/mol. The quantitative estimate of drug-likeness (QED) is 0.297. The highest BCUT2D eigenvalue weighted by Gasteiger charge is 2.29. The number of anilines is 1. The topological polar surface area (TPSA) is 76.4 Å². The number of nitrogens with one attached hydrogen (secondary N) is 2. The summed E-state index contributed by atoms with van der Waals surface area (Å²) in [6.07, 6.45) is -4.35. The SMILES string of the molecule is B/C(CN)=C(/NCCNc1ccc(C(F)(F)F)cc1)C(=O)OC. The molecule has 5 nitrogen and oxygen atoms in total. The number of carbonyl (C=O) groups excluding carboxylic acids is 1. The molecule has 23 heavy (non-hydrogen) atoms. The van der Waals surface area contributed by atoms with Gasteiger partial charge in [-0.2, -0.15) is 13.2 Å². The number of alkyl halides is 3. The fourth-order valence-corrected chi connectivity index (χ4v) is 1.77. The lowest BCUT2D eigenvalue weighted by molar-refractivity contribution is -0.138. The molecule has 0 fully saturated rings. The summed E-state index contributed by atoms with van der Waals surface area (Å²) in [6, 6.07) is 4.72. The number of hydrogen-bond acceptors (Lipinski definition) is 5. The van der Waals surface area contributed by atoms with Crippen molar-refractivity contribution in [3.63, 3.8) is 0 Å². The first-order valence-electron chi connectivity index (χ1n) is 6.92. The third-order valence-electron chi connectivity index (χ3n) is 3.09. The minimum absolute atomic E-state index is 0.212. The van der Waals surface area contributed by atoms with Gasteiger partial charge in [-0.05, 0) is 24.3 Å². The van der Waals surface area contributed by atoms with Crippen LogP contribution in [-0.4, -0.2) is 40.6 Å². The van der Waals surface area contributed by atoms with Gasteiger partial charge in [0.2, 0.25) is 0 Å². The number of ether oxygens (including phenoxy) is 1. The molecule has 126 valence electrons. The summed E-state index contributed by atoms with van der Waals surface area (Å²) in [7, 11) is 2.98. The van der Waals surface area contributed by atoms with Crippen LogP contribution in [0.5, 0.6) is 0 Å². The maximum absolute atomic E-state index is 12.4. The summed E-state index contributed by atoms with van der Waals surface area (Å²) >= 11 is 0. The van der Waals surface area contributed by atoms with Crippen LogP contribution in [0, 0.1) is 0 Å². The van der Waals surface area contributed by atoms with Crippen molar-refractivity contribution in [1.29, 1.82) is 0 Å². The molecule has 0 radical (unpaired) electrons. The maximum atomic E-state index is 12.4. The molecule has 0 spiro atoms. The molecule has 0 aliphatic rings. The molecule has 0 aliphatic heterocycles. The van der Waals surface area contributed by atoms with Crippen LogP contribution in [-0.2, 0) is 15.7 Å². The van der Waals surface area contributed by atoms with Crippen LogP contribution in [0.4, 0.5) is 18.9 Å². The van der Waals surface area contributed by atoms with E-state index in [0.29, 0.717) is 29.9 Å². The van der Waals surface area contributed by atoms with Crippen LogP contribution in [0.2, 0.25) is 0 Å². The van der Waals surface area contributed by atoms with Gasteiger partial charge in [-0.1, -0.05) is 5.47 Å². The van der Waals surface area contributed by atoms with Crippen molar-refractivity contribution < 1.29 is 22.7 Å². The van der Waals surface area contributed by atoms with Crippen LogP contribution in [0.15, 0.2) is 35.4 Å². The molecule has 0 heterocycles. The number of halogens is 3. The highest BCUT2D eigenvalue weighted by atomic mass is 19.4. The molecule has 9 heteroatoms. The van der Waals surface area contributed by atoms with E-state index in [1.807, 2.05) is 0 Å². The summed E-state index contributed by atoms with van der Waals surface area (Å²) in [5, 5.41) is 5.87. The van der Waals surface area contributed by atoms with E-state index < -0.39 is 17.7 Å². The fraction of sp³-hybridized carbons (Fsp3) is 0.357. The zero-order valence-electron chi connectivity index (χ0n) is 13.0. The molecule has 0 unspecified atom stereocenters. The fourth-order valence-electron chi connectivity index (χ4n) is 1.77. The first-order valence-corrected chi connectivity index (χ1v) is 6.92. The van der Waals surface area contributed by atoms with Gasteiger partial charge in [-0.25, -0.2) is 4.79 Å². The minimum Gasteiger partial charge on any atom is -0.464 e. The standard InChI is InChI=1S/C14H19BF3N3O2/c1-23-13(22)12(11(15)8-19)21-7-6-20-10-4-2-9(3-5-10)14(16,17)18/h2-5,20-21H,6-8,15,19H2,1H3/b12-11+. The molecule has 1 aromatic rings. The highest BCUT2D eigenvalue weighted by Crippen LogP contribution is 2.29. The number of benzene rings is 1. The van der Waals surface area contributed by atoms with Crippen LogP contribution >= 0.6 is 0 Å². The van der Waals surface area contributed by atoms with E-state index >= 15 is 0 Å². The molecule has 0 atom stereocenters. The molecule has 4 N–H and O–H groups in total. The number of rotatable bonds is 7. The van der Waals surface area contributed by atoms with E-state index in [2.05, 4.69) is 15.4 Å². The summed E-state index contributed by atoms with van der Waals surface area (Å²) in [5.74, 6) is -0.512. The summed E-state index contributed by atoms with van der Waals surface area (Å²) in [6.45, 7) is 0.996. The van der Waals surface area contributed by atoms with Gasteiger partial charge in [-0.3, -0.25) is 0 Å². The molecule has 0 aliphatic carbocycles. The van der Waals surface area contributed by atoms with Gasteiger partial charge < -0.3 is 21.1 Å². The Bertz CT molecular complexity index is 559. The van der Waals surface area contributed by atoms with Gasteiger partial charge in [0.15, 0.2) is 0 Å². The van der Waals surface area contributed by atoms with Crippen molar-refractivity contribution in [1.82, 2.24) is 5.32 Å². The minimum atomic E-state index is -4.35. The number of methoxy groups -OCH3 is 1. The lowest BCUT2D eigenvalue weighted by Gasteiger charge is -2.13. The second-order valence-electron chi connectivity index (χ2n) is 4.78. The van der Waals surface area contributed by atoms with E-state index in [-0.39, 0.29) is 6.54 Å². The Morgan fingerprint density at radius 1 is 1.26 bits per heavy atom. The molecule has 0 saturated carbocycles. The van der Waals surface area contributed by atoms with Gasteiger partial charge in [0.1, 0.15) is 13.5 Å². The molecule has 0 bridgehead atoms. The normalized spacial score (nSPS) is 12.4. The van der Waals surface area contributed by atoms with Gasteiger partial charge in [0.05, 0.1) is 12.7 Å². The number of hydrogen-bond donors (Lipinski definition) is 3. The molecule has 0 saturated heterocycles. The lowest BCUT2D eigenvalue weighted by atomic mass is 9.93. The molecular weight excluding hydrogens is 310 g/mol. The van der Waals surface area contributed by atoms with Crippen molar-refractivity contribution in [2.75, 3.05) is 32.1 Å². The second kappa shape index (κ2) is 8.47. The molecule has 0 aromatic heterocycles. The van der Waals surface area contributed by atoms with Gasteiger partial charge in [0.25, 0.3) is 0 Å². The molecule has 0 amide bonds. The van der Waals surface area contributed by atoms with Crippen molar-refractivity contribution in [3.05, 3.63) is 41.0 Å². The van der Waals surface area contributed by atoms with Crippen molar-refractivity contribution >= 4 is 19.5 Å². The van der Waals surface area contributed by atoms with Gasteiger partial charge in [0, 0.05) is 25.3 Å². The largest absolute Gasteiger partial charge is 0.464 e. The number of esters is 1.